The van der Waals surface area contributed by atoms with Gasteiger partial charge in [-0.25, -0.2) is 8.57 Å². The Balaban J connectivity index is 1.69. The molecule has 0 aromatic heterocycles. The molecule has 214 valence electrons. The highest BCUT2D eigenvalue weighted by molar-refractivity contribution is 7.93. The number of fused-ring (bicyclic) bond motifs is 10. The van der Waals surface area contributed by atoms with Crippen molar-refractivity contribution in [1.82, 2.24) is 0 Å². The van der Waals surface area contributed by atoms with E-state index < -0.39 is 52.3 Å². The van der Waals surface area contributed by atoms with Gasteiger partial charge in [0.05, 0.1) is 38.8 Å². The van der Waals surface area contributed by atoms with Gasteiger partial charge in [-0.3, -0.25) is 4.79 Å². The molecule has 2 aromatic rings. The SMILES string of the molecule is CC(C)COC(=O)CN=S1(=O)c2cccc(c2)B2OC(C)(C)C(C)(CC3(C)OB(OC3(C)C)c3cccc1c3)O2. The van der Waals surface area contributed by atoms with Crippen molar-refractivity contribution in [2.45, 2.75) is 94.0 Å². The van der Waals surface area contributed by atoms with Crippen molar-refractivity contribution in [2.24, 2.45) is 10.3 Å². The highest BCUT2D eigenvalue weighted by Gasteiger charge is 2.63. The molecule has 0 saturated carbocycles. The molecule has 11 heteroatoms. The lowest BCUT2D eigenvalue weighted by Gasteiger charge is -2.45. The van der Waals surface area contributed by atoms with Crippen molar-refractivity contribution in [1.29, 1.82) is 0 Å². The largest absolute Gasteiger partial charge is 0.494 e. The summed E-state index contributed by atoms with van der Waals surface area (Å²) in [5.74, 6) is -0.342. The quantitative estimate of drug-likeness (QED) is 0.411. The molecule has 0 radical (unpaired) electrons. The number of ether oxygens (including phenoxy) is 1. The van der Waals surface area contributed by atoms with Gasteiger partial charge in [0.1, 0.15) is 16.3 Å². The van der Waals surface area contributed by atoms with Gasteiger partial charge in [-0.05, 0) is 82.7 Å². The fraction of sp³-hybridized carbons (Fsp3) is 0.552. The lowest BCUT2D eigenvalue weighted by Crippen LogP contribution is -2.55. The topological polar surface area (TPSA) is 92.7 Å². The summed E-state index contributed by atoms with van der Waals surface area (Å²) in [5, 5.41) is 0. The van der Waals surface area contributed by atoms with Gasteiger partial charge in [0.2, 0.25) is 0 Å². The van der Waals surface area contributed by atoms with E-state index in [2.05, 4.69) is 4.36 Å². The molecule has 2 fully saturated rings. The summed E-state index contributed by atoms with van der Waals surface area (Å²) in [7, 11) is -4.66. The van der Waals surface area contributed by atoms with Crippen LogP contribution in [0.25, 0.3) is 0 Å². The zero-order valence-electron chi connectivity index (χ0n) is 24.7. The van der Waals surface area contributed by atoms with Crippen molar-refractivity contribution in [2.75, 3.05) is 13.2 Å². The van der Waals surface area contributed by atoms with Crippen LogP contribution < -0.4 is 10.9 Å². The predicted molar refractivity (Wildman–Crippen MR) is 155 cm³/mol. The standard InChI is InChI=1S/C29H39B2NO7S/c1-20(2)18-35-25(33)17-32-40(34)23-13-9-11-21(15-23)30-36-26(3,4)28(7,38-30)19-29(8)27(5,6)37-31(39-29)22-12-10-14-24(40)16-22/h9-16,20H,17-19H2,1-8H3. The van der Waals surface area contributed by atoms with E-state index in [4.69, 9.17) is 23.4 Å². The third kappa shape index (κ3) is 5.04. The van der Waals surface area contributed by atoms with Crippen LogP contribution in [0.5, 0.6) is 0 Å². The highest BCUT2D eigenvalue weighted by Crippen LogP contribution is 2.49. The third-order valence-corrected chi connectivity index (χ3v) is 10.9. The van der Waals surface area contributed by atoms with Crippen LogP contribution in [-0.4, -0.2) is 60.0 Å². The van der Waals surface area contributed by atoms with E-state index >= 15 is 0 Å². The van der Waals surface area contributed by atoms with E-state index in [9.17, 15) is 9.00 Å². The molecule has 2 unspecified atom stereocenters. The monoisotopic (exact) mass is 567 g/mol. The first-order valence-electron chi connectivity index (χ1n) is 13.9. The van der Waals surface area contributed by atoms with E-state index in [1.807, 2.05) is 91.8 Å². The molecule has 2 aromatic carbocycles. The summed E-state index contributed by atoms with van der Waals surface area (Å²) in [6.45, 7) is 16.0. The molecule has 40 heavy (non-hydrogen) atoms. The Morgan fingerprint density at radius 3 is 1.80 bits per heavy atom. The molecule has 2 atom stereocenters. The number of carbonyl (C=O) groups is 1. The number of rotatable bonds is 4. The van der Waals surface area contributed by atoms with Gasteiger partial charge in [-0.15, -0.1) is 0 Å². The second kappa shape index (κ2) is 9.98. The van der Waals surface area contributed by atoms with Crippen LogP contribution in [0.3, 0.4) is 0 Å². The predicted octanol–water partition coefficient (Wildman–Crippen LogP) is 3.73. The van der Waals surface area contributed by atoms with Gasteiger partial charge in [0.25, 0.3) is 0 Å². The van der Waals surface area contributed by atoms with Gasteiger partial charge in [0.15, 0.2) is 0 Å². The first-order chi connectivity index (χ1) is 18.6. The average molecular weight is 567 g/mol. The van der Waals surface area contributed by atoms with Crippen LogP contribution in [0.15, 0.2) is 62.7 Å². The molecular formula is C29H39B2NO7S. The highest BCUT2D eigenvalue weighted by atomic mass is 32.2. The maximum absolute atomic E-state index is 14.9. The van der Waals surface area contributed by atoms with E-state index in [0.29, 0.717) is 16.2 Å². The van der Waals surface area contributed by atoms with Crippen LogP contribution in [0.2, 0.25) is 0 Å². The number of benzene rings is 2. The number of hydrogen-bond acceptors (Lipinski definition) is 8. The van der Waals surface area contributed by atoms with Gasteiger partial charge < -0.3 is 23.4 Å². The van der Waals surface area contributed by atoms with Gasteiger partial charge in [0, 0.05) is 6.42 Å². The van der Waals surface area contributed by atoms with Crippen LogP contribution in [0.4, 0.5) is 0 Å². The van der Waals surface area contributed by atoms with E-state index in [1.54, 1.807) is 12.1 Å². The molecule has 2 saturated heterocycles. The minimum Gasteiger partial charge on any atom is -0.464 e. The summed E-state index contributed by atoms with van der Waals surface area (Å²) < 4.78 is 51.1. The molecular weight excluding hydrogens is 528 g/mol. The van der Waals surface area contributed by atoms with Crippen molar-refractivity contribution in [3.63, 3.8) is 0 Å². The Bertz CT molecular complexity index is 1350. The molecule has 8 bridgehead atoms. The molecule has 0 aliphatic carbocycles. The Hall–Kier alpha value is -2.17. The summed E-state index contributed by atoms with van der Waals surface area (Å²) in [4.78, 5) is 13.4. The zero-order chi connectivity index (χ0) is 29.1. The molecule has 5 rings (SSSR count). The summed E-state index contributed by atoms with van der Waals surface area (Å²) >= 11 is 0. The number of nitrogens with zero attached hydrogens (tertiary/aromatic N) is 1. The summed E-state index contributed by atoms with van der Waals surface area (Å²) in [6, 6.07) is 14.6. The zero-order valence-corrected chi connectivity index (χ0v) is 25.5. The van der Waals surface area contributed by atoms with Crippen molar-refractivity contribution in [3.8, 4) is 0 Å². The van der Waals surface area contributed by atoms with Crippen molar-refractivity contribution >= 4 is 40.9 Å². The maximum Gasteiger partial charge on any atom is 0.494 e. The minimum absolute atomic E-state index is 0.183. The Morgan fingerprint density at radius 2 is 1.35 bits per heavy atom. The van der Waals surface area contributed by atoms with Crippen LogP contribution >= 0.6 is 0 Å². The van der Waals surface area contributed by atoms with E-state index in [-0.39, 0.29) is 19.1 Å². The van der Waals surface area contributed by atoms with E-state index in [1.165, 1.54) is 0 Å². The average Bonchev–Trinajstić information content (AvgIpc) is 3.27. The van der Waals surface area contributed by atoms with Gasteiger partial charge in [-0.2, -0.15) is 0 Å². The smallest absolute Gasteiger partial charge is 0.464 e. The molecule has 0 spiro atoms. The lowest BCUT2D eigenvalue weighted by atomic mass is 9.73. The van der Waals surface area contributed by atoms with Crippen molar-refractivity contribution < 1.29 is 32.4 Å². The fourth-order valence-corrected chi connectivity index (χ4v) is 7.39. The molecule has 3 heterocycles. The molecule has 3 aliphatic heterocycles. The number of hydrogen-bond donors (Lipinski definition) is 0. The molecule has 8 nitrogen and oxygen atoms in total. The lowest BCUT2D eigenvalue weighted by molar-refractivity contribution is -0.142. The summed E-state index contributed by atoms with van der Waals surface area (Å²) in [5.41, 5.74) is -1.35. The van der Waals surface area contributed by atoms with Crippen molar-refractivity contribution in [3.05, 3.63) is 48.5 Å². The minimum atomic E-state index is -3.27. The first-order valence-corrected chi connectivity index (χ1v) is 15.4. The normalized spacial score (nSPS) is 30.2. The van der Waals surface area contributed by atoms with Gasteiger partial charge in [-0.1, -0.05) is 38.1 Å². The van der Waals surface area contributed by atoms with Crippen LogP contribution in [0.1, 0.15) is 61.8 Å². The third-order valence-electron chi connectivity index (χ3n) is 8.61. The Labute approximate surface area is 238 Å². The van der Waals surface area contributed by atoms with Gasteiger partial charge >= 0.3 is 20.2 Å². The molecule has 3 aliphatic rings. The maximum atomic E-state index is 14.9. The molecule has 0 amide bonds. The van der Waals surface area contributed by atoms with Crippen LogP contribution in [0, 0.1) is 5.92 Å². The first kappa shape index (κ1) is 29.3. The number of esters is 1. The number of carbonyl (C=O) groups excluding carboxylic acids is 1. The fourth-order valence-electron chi connectivity index (χ4n) is 5.41. The summed E-state index contributed by atoms with van der Waals surface area (Å²) in [6.07, 6.45) is 0.525. The van der Waals surface area contributed by atoms with E-state index in [0.717, 1.165) is 10.9 Å². The Morgan fingerprint density at radius 1 is 0.875 bits per heavy atom. The molecule has 0 N–H and O–H groups in total. The Kier molecular flexibility index (Phi) is 7.32. The second-order valence-electron chi connectivity index (χ2n) is 12.8. The second-order valence-corrected chi connectivity index (χ2v) is 15.1. The van der Waals surface area contributed by atoms with Crippen LogP contribution in [-0.2, 0) is 37.9 Å².